The molecule has 96 valence electrons. The van der Waals surface area contributed by atoms with Gasteiger partial charge in [0, 0.05) is 10.6 Å². The average Bonchev–Trinajstić information content (AvgIpc) is 2.11. The third-order valence-corrected chi connectivity index (χ3v) is 3.12. The SMILES string of the molecule is Cc1cc(Cl)c(C(N(C)C)C(C)(C)N)cc1F. The van der Waals surface area contributed by atoms with E-state index >= 15 is 0 Å². The molecule has 1 unspecified atom stereocenters. The molecule has 1 rings (SSSR count). The van der Waals surface area contributed by atoms with Gasteiger partial charge >= 0.3 is 0 Å². The molecule has 2 N–H and O–H groups in total. The van der Waals surface area contributed by atoms with Gasteiger partial charge in [-0.3, -0.25) is 0 Å². The molecule has 0 bridgehead atoms. The molecule has 0 aliphatic heterocycles. The van der Waals surface area contributed by atoms with E-state index in [9.17, 15) is 4.39 Å². The highest BCUT2D eigenvalue weighted by atomic mass is 35.5. The number of nitrogens with zero attached hydrogens (tertiary/aromatic N) is 1. The summed E-state index contributed by atoms with van der Waals surface area (Å²) < 4.78 is 13.7. The Balaban J connectivity index is 3.34. The molecule has 0 amide bonds. The predicted molar refractivity (Wildman–Crippen MR) is 70.8 cm³/mol. The van der Waals surface area contributed by atoms with Gasteiger partial charge in [0.2, 0.25) is 0 Å². The summed E-state index contributed by atoms with van der Waals surface area (Å²) in [7, 11) is 3.82. The third-order valence-electron chi connectivity index (χ3n) is 2.79. The van der Waals surface area contributed by atoms with Gasteiger partial charge in [0.25, 0.3) is 0 Å². The second-order valence-electron chi connectivity index (χ2n) is 5.31. The molecule has 0 spiro atoms. The normalized spacial score (nSPS) is 14.2. The van der Waals surface area contributed by atoms with E-state index in [1.807, 2.05) is 32.8 Å². The molecule has 17 heavy (non-hydrogen) atoms. The maximum Gasteiger partial charge on any atom is 0.126 e. The molecule has 0 aromatic heterocycles. The minimum Gasteiger partial charge on any atom is -0.324 e. The van der Waals surface area contributed by atoms with Gasteiger partial charge in [0.1, 0.15) is 5.82 Å². The molecule has 1 atom stereocenters. The van der Waals surface area contributed by atoms with Crippen LogP contribution in [0.15, 0.2) is 12.1 Å². The molecule has 0 saturated carbocycles. The highest BCUT2D eigenvalue weighted by molar-refractivity contribution is 6.31. The molecule has 1 aromatic rings. The van der Waals surface area contributed by atoms with Gasteiger partial charge in [-0.05, 0) is 58.1 Å². The van der Waals surface area contributed by atoms with Crippen molar-refractivity contribution in [2.24, 2.45) is 5.73 Å². The van der Waals surface area contributed by atoms with Crippen LogP contribution in [-0.2, 0) is 0 Å². The van der Waals surface area contributed by atoms with Crippen molar-refractivity contribution in [1.29, 1.82) is 0 Å². The second-order valence-corrected chi connectivity index (χ2v) is 5.72. The molecule has 0 saturated heterocycles. The summed E-state index contributed by atoms with van der Waals surface area (Å²) in [6, 6.07) is 3.00. The van der Waals surface area contributed by atoms with Gasteiger partial charge < -0.3 is 10.6 Å². The van der Waals surface area contributed by atoms with Crippen LogP contribution in [0.2, 0.25) is 5.02 Å². The third kappa shape index (κ3) is 3.18. The highest BCUT2D eigenvalue weighted by Crippen LogP contribution is 2.34. The zero-order chi connectivity index (χ0) is 13.4. The molecular formula is C13H20ClFN2. The van der Waals surface area contributed by atoms with Crippen molar-refractivity contribution in [2.75, 3.05) is 14.1 Å². The zero-order valence-corrected chi connectivity index (χ0v) is 11.8. The molecule has 0 fully saturated rings. The number of rotatable bonds is 3. The average molecular weight is 259 g/mol. The van der Waals surface area contributed by atoms with E-state index in [-0.39, 0.29) is 11.9 Å². The van der Waals surface area contributed by atoms with Crippen LogP contribution in [-0.4, -0.2) is 24.5 Å². The summed E-state index contributed by atoms with van der Waals surface area (Å²) in [6.45, 7) is 5.51. The Morgan fingerprint density at radius 2 is 1.88 bits per heavy atom. The standard InChI is InChI=1S/C13H20ClFN2/c1-8-6-10(14)9(7-11(8)15)12(17(4)5)13(2,3)16/h6-7,12H,16H2,1-5H3. The first-order valence-electron chi connectivity index (χ1n) is 5.55. The van der Waals surface area contributed by atoms with E-state index in [0.29, 0.717) is 10.6 Å². The Labute approximate surface area is 108 Å². The van der Waals surface area contributed by atoms with Gasteiger partial charge in [-0.1, -0.05) is 11.6 Å². The highest BCUT2D eigenvalue weighted by Gasteiger charge is 2.30. The maximum atomic E-state index is 13.7. The van der Waals surface area contributed by atoms with Gasteiger partial charge in [-0.25, -0.2) is 4.39 Å². The van der Waals surface area contributed by atoms with E-state index in [2.05, 4.69) is 0 Å². The monoisotopic (exact) mass is 258 g/mol. The zero-order valence-electron chi connectivity index (χ0n) is 11.0. The Kier molecular flexibility index (Phi) is 4.18. The number of aryl methyl sites for hydroxylation is 1. The molecule has 0 heterocycles. The number of halogens is 2. The van der Waals surface area contributed by atoms with Crippen LogP contribution in [0.4, 0.5) is 4.39 Å². The summed E-state index contributed by atoms with van der Waals surface area (Å²) >= 11 is 6.20. The maximum absolute atomic E-state index is 13.7. The second kappa shape index (κ2) is 4.92. The Morgan fingerprint density at radius 1 is 1.35 bits per heavy atom. The fourth-order valence-electron chi connectivity index (χ4n) is 2.22. The summed E-state index contributed by atoms with van der Waals surface area (Å²) in [5.74, 6) is -0.250. The first-order chi connectivity index (χ1) is 7.64. The van der Waals surface area contributed by atoms with Crippen LogP contribution < -0.4 is 5.73 Å². The van der Waals surface area contributed by atoms with Crippen molar-refractivity contribution in [3.63, 3.8) is 0 Å². The first kappa shape index (κ1) is 14.4. The molecule has 1 aromatic carbocycles. The van der Waals surface area contributed by atoms with Crippen LogP contribution in [0, 0.1) is 12.7 Å². The van der Waals surface area contributed by atoms with Crippen LogP contribution in [0.5, 0.6) is 0 Å². The summed E-state index contributed by atoms with van der Waals surface area (Å²) in [5.41, 5.74) is 6.92. The van der Waals surface area contributed by atoms with Crippen molar-refractivity contribution in [3.8, 4) is 0 Å². The van der Waals surface area contributed by atoms with Crippen molar-refractivity contribution >= 4 is 11.6 Å². The van der Waals surface area contributed by atoms with Crippen molar-refractivity contribution < 1.29 is 4.39 Å². The molecule has 0 aliphatic rings. The lowest BCUT2D eigenvalue weighted by molar-refractivity contribution is 0.204. The number of benzene rings is 1. The van der Waals surface area contributed by atoms with E-state index in [0.717, 1.165) is 5.56 Å². The lowest BCUT2D eigenvalue weighted by atomic mass is 9.88. The molecule has 0 aliphatic carbocycles. The van der Waals surface area contributed by atoms with E-state index in [1.54, 1.807) is 13.0 Å². The Hall–Kier alpha value is -0.640. The van der Waals surface area contributed by atoms with E-state index < -0.39 is 5.54 Å². The number of likely N-dealkylation sites (N-methyl/N-ethyl adjacent to an activating group) is 1. The quantitative estimate of drug-likeness (QED) is 0.903. The lowest BCUT2D eigenvalue weighted by Gasteiger charge is -2.36. The van der Waals surface area contributed by atoms with Crippen LogP contribution in [0.3, 0.4) is 0 Å². The molecule has 2 nitrogen and oxygen atoms in total. The lowest BCUT2D eigenvalue weighted by Crippen LogP contribution is -2.46. The summed E-state index contributed by atoms with van der Waals surface area (Å²) in [4.78, 5) is 1.95. The fraction of sp³-hybridized carbons (Fsp3) is 0.538. The minimum atomic E-state index is -0.505. The predicted octanol–water partition coefficient (Wildman–Crippen LogP) is 3.13. The molecular weight excluding hydrogens is 239 g/mol. The largest absolute Gasteiger partial charge is 0.324 e. The molecule has 0 radical (unpaired) electrons. The fourth-order valence-corrected chi connectivity index (χ4v) is 2.54. The van der Waals surface area contributed by atoms with Crippen LogP contribution in [0.1, 0.15) is 31.0 Å². The topological polar surface area (TPSA) is 29.3 Å². The van der Waals surface area contributed by atoms with Gasteiger partial charge in [0.05, 0.1) is 6.04 Å². The van der Waals surface area contributed by atoms with Gasteiger partial charge in [-0.15, -0.1) is 0 Å². The number of nitrogens with two attached hydrogens (primary N) is 1. The minimum absolute atomic E-state index is 0.134. The Bertz CT molecular complexity index is 411. The van der Waals surface area contributed by atoms with Crippen LogP contribution >= 0.6 is 11.6 Å². The number of hydrogen-bond donors (Lipinski definition) is 1. The Morgan fingerprint density at radius 3 is 2.29 bits per heavy atom. The smallest absolute Gasteiger partial charge is 0.126 e. The summed E-state index contributed by atoms with van der Waals surface area (Å²) in [6.07, 6.45) is 0. The van der Waals surface area contributed by atoms with Gasteiger partial charge in [0.15, 0.2) is 0 Å². The van der Waals surface area contributed by atoms with Crippen molar-refractivity contribution in [1.82, 2.24) is 4.90 Å². The molecule has 4 heteroatoms. The first-order valence-corrected chi connectivity index (χ1v) is 5.93. The van der Waals surface area contributed by atoms with E-state index in [1.165, 1.54) is 6.07 Å². The number of hydrogen-bond acceptors (Lipinski definition) is 2. The van der Waals surface area contributed by atoms with Crippen LogP contribution in [0.25, 0.3) is 0 Å². The van der Waals surface area contributed by atoms with E-state index in [4.69, 9.17) is 17.3 Å². The van der Waals surface area contributed by atoms with Gasteiger partial charge in [-0.2, -0.15) is 0 Å². The van der Waals surface area contributed by atoms with Crippen molar-refractivity contribution in [2.45, 2.75) is 32.4 Å². The summed E-state index contributed by atoms with van der Waals surface area (Å²) in [5, 5.41) is 0.557. The van der Waals surface area contributed by atoms with Crippen molar-refractivity contribution in [3.05, 3.63) is 34.1 Å².